The Labute approximate surface area is 232 Å². The first kappa shape index (κ1) is 25.8. The highest BCUT2D eigenvalue weighted by atomic mass is 19.1. The van der Waals surface area contributed by atoms with Gasteiger partial charge in [0.2, 0.25) is 0 Å². The molecule has 41 heavy (non-hydrogen) atoms. The van der Waals surface area contributed by atoms with Gasteiger partial charge in [-0.2, -0.15) is 10.2 Å². The van der Waals surface area contributed by atoms with Crippen LogP contribution in [-0.4, -0.2) is 53.3 Å². The first-order valence-electron chi connectivity index (χ1n) is 12.5. The number of anilines is 1. The van der Waals surface area contributed by atoms with Crippen molar-refractivity contribution in [3.8, 4) is 28.5 Å². The summed E-state index contributed by atoms with van der Waals surface area (Å²) in [6, 6.07) is 10.8. The van der Waals surface area contributed by atoms with E-state index in [9.17, 15) is 14.3 Å². The van der Waals surface area contributed by atoms with Crippen LogP contribution >= 0.6 is 0 Å². The van der Waals surface area contributed by atoms with Gasteiger partial charge in [-0.15, -0.1) is 0 Å². The second-order valence-electron chi connectivity index (χ2n) is 9.44. The molecule has 0 aliphatic rings. The van der Waals surface area contributed by atoms with Crippen LogP contribution in [-0.2, 0) is 13.1 Å². The van der Waals surface area contributed by atoms with E-state index in [2.05, 4.69) is 15.1 Å². The van der Waals surface area contributed by atoms with Crippen molar-refractivity contribution in [1.29, 1.82) is 0 Å². The van der Waals surface area contributed by atoms with Gasteiger partial charge >= 0.3 is 0 Å². The Bertz CT molecular complexity index is 1990. The van der Waals surface area contributed by atoms with Crippen LogP contribution < -0.4 is 20.8 Å². The Balaban J connectivity index is 1.54. The summed E-state index contributed by atoms with van der Waals surface area (Å²) in [6.07, 6.45) is 3.01. The summed E-state index contributed by atoms with van der Waals surface area (Å²) >= 11 is 0. The third-order valence-electron chi connectivity index (χ3n) is 6.88. The largest absolute Gasteiger partial charge is 0.508 e. The van der Waals surface area contributed by atoms with Crippen molar-refractivity contribution in [2.45, 2.75) is 20.0 Å². The fraction of sp³-hybridized carbons (Fsp3) is 0.179. The molecule has 208 valence electrons. The molecule has 0 saturated heterocycles. The first-order chi connectivity index (χ1) is 19.8. The lowest BCUT2D eigenvalue weighted by atomic mass is 10.1. The molecule has 0 unspecified atom stereocenters. The molecular weight excluding hydrogens is 531 g/mol. The van der Waals surface area contributed by atoms with Gasteiger partial charge in [-0.3, -0.25) is 9.36 Å². The number of aryl methyl sites for hydroxylation is 1. The molecule has 0 aliphatic heterocycles. The number of rotatable bonds is 7. The second kappa shape index (κ2) is 9.93. The van der Waals surface area contributed by atoms with Gasteiger partial charge in [-0.05, 0) is 42.8 Å². The van der Waals surface area contributed by atoms with Crippen molar-refractivity contribution in [3.63, 3.8) is 0 Å². The highest BCUT2D eigenvalue weighted by Crippen LogP contribution is 2.33. The SMILES string of the molecule is COc1ccc(Cn2c(Cn3nc(-c4cc(O)cc(F)c4)c4c(N)ncnc43)nn3ccc(C)c3c2=O)c(OC)c1. The fourth-order valence-corrected chi connectivity index (χ4v) is 4.91. The Morgan fingerprint density at radius 2 is 1.85 bits per heavy atom. The standard InChI is InChI=1S/C28H25FN8O4/c1-15-6-7-36-25(15)28(39)35(12-16-4-5-20(40-2)11-21(16)41-3)22(33-36)13-37-27-23(26(30)31-14-32-27)24(34-37)17-8-18(29)10-19(38)9-17/h4-11,14,38H,12-13H2,1-3H3,(H2,30,31,32). The number of phenolic OH excluding ortho intramolecular Hbond substituents is 1. The highest BCUT2D eigenvalue weighted by molar-refractivity contribution is 5.98. The molecule has 0 saturated carbocycles. The first-order valence-corrected chi connectivity index (χ1v) is 12.5. The Hall–Kier alpha value is -5.46. The van der Waals surface area contributed by atoms with Gasteiger partial charge in [0.15, 0.2) is 11.5 Å². The summed E-state index contributed by atoms with van der Waals surface area (Å²) in [5.74, 6) is 0.750. The Morgan fingerprint density at radius 1 is 1.02 bits per heavy atom. The van der Waals surface area contributed by atoms with Crippen LogP contribution in [0.15, 0.2) is 59.8 Å². The van der Waals surface area contributed by atoms with Crippen molar-refractivity contribution >= 4 is 22.4 Å². The quantitative estimate of drug-likeness (QED) is 0.303. The van der Waals surface area contributed by atoms with E-state index in [0.717, 1.165) is 17.2 Å². The van der Waals surface area contributed by atoms with E-state index >= 15 is 0 Å². The van der Waals surface area contributed by atoms with Crippen molar-refractivity contribution in [2.75, 3.05) is 20.0 Å². The molecular formula is C28H25FN8O4. The smallest absolute Gasteiger partial charge is 0.278 e. The van der Waals surface area contributed by atoms with Crippen molar-refractivity contribution in [1.82, 2.24) is 33.9 Å². The van der Waals surface area contributed by atoms with Gasteiger partial charge in [0.05, 0.1) is 26.2 Å². The minimum absolute atomic E-state index is 0.00906. The average molecular weight is 557 g/mol. The van der Waals surface area contributed by atoms with E-state index in [1.165, 1.54) is 27.7 Å². The van der Waals surface area contributed by atoms with Crippen LogP contribution in [0.1, 0.15) is 17.0 Å². The van der Waals surface area contributed by atoms with Crippen LogP contribution in [0.25, 0.3) is 27.8 Å². The average Bonchev–Trinajstić information content (AvgIpc) is 3.51. The molecule has 0 amide bonds. The zero-order valence-corrected chi connectivity index (χ0v) is 22.4. The number of nitrogens with zero attached hydrogens (tertiary/aromatic N) is 7. The Kier molecular flexibility index (Phi) is 6.25. The molecule has 0 aliphatic carbocycles. The van der Waals surface area contributed by atoms with E-state index < -0.39 is 5.82 Å². The zero-order chi connectivity index (χ0) is 28.8. The van der Waals surface area contributed by atoms with Gasteiger partial charge in [-0.1, -0.05) is 0 Å². The zero-order valence-electron chi connectivity index (χ0n) is 22.4. The number of aromatic nitrogens is 7. The fourth-order valence-electron chi connectivity index (χ4n) is 4.91. The number of halogens is 1. The number of methoxy groups -OCH3 is 2. The summed E-state index contributed by atoms with van der Waals surface area (Å²) in [5.41, 5.74) is 8.82. The van der Waals surface area contributed by atoms with Crippen LogP contribution in [0.2, 0.25) is 0 Å². The molecule has 0 atom stereocenters. The number of phenols is 1. The molecule has 0 fully saturated rings. The third-order valence-corrected chi connectivity index (χ3v) is 6.88. The summed E-state index contributed by atoms with van der Waals surface area (Å²) in [6.45, 7) is 2.00. The van der Waals surface area contributed by atoms with Crippen LogP contribution in [0.3, 0.4) is 0 Å². The van der Waals surface area contributed by atoms with Crippen molar-refractivity contribution in [2.24, 2.45) is 0 Å². The van der Waals surface area contributed by atoms with Crippen molar-refractivity contribution in [3.05, 3.63) is 88.1 Å². The lowest BCUT2D eigenvalue weighted by Crippen LogP contribution is -2.30. The number of fused-ring (bicyclic) bond motifs is 2. The summed E-state index contributed by atoms with van der Waals surface area (Å²) in [5, 5.41) is 19.8. The van der Waals surface area contributed by atoms with E-state index in [1.807, 2.05) is 19.1 Å². The molecule has 3 N–H and O–H groups in total. The number of hydrogen-bond acceptors (Lipinski definition) is 9. The molecule has 6 aromatic rings. The molecule has 0 spiro atoms. The predicted octanol–water partition coefficient (Wildman–Crippen LogP) is 3.15. The minimum atomic E-state index is -0.643. The van der Waals surface area contributed by atoms with Crippen LogP contribution in [0.5, 0.6) is 17.2 Å². The van der Waals surface area contributed by atoms with Gasteiger partial charge < -0.3 is 20.3 Å². The molecule has 4 aromatic heterocycles. The third kappa shape index (κ3) is 4.46. The summed E-state index contributed by atoms with van der Waals surface area (Å²) in [4.78, 5) is 22.3. The number of benzene rings is 2. The van der Waals surface area contributed by atoms with Gasteiger partial charge in [-0.25, -0.2) is 23.6 Å². The van der Waals surface area contributed by atoms with Gasteiger partial charge in [0, 0.05) is 29.5 Å². The van der Waals surface area contributed by atoms with Gasteiger partial charge in [0.1, 0.15) is 53.0 Å². The monoisotopic (exact) mass is 556 g/mol. The molecule has 0 radical (unpaired) electrons. The number of aromatic hydroxyl groups is 1. The Morgan fingerprint density at radius 3 is 2.61 bits per heavy atom. The highest BCUT2D eigenvalue weighted by Gasteiger charge is 2.22. The molecule has 12 nitrogen and oxygen atoms in total. The van der Waals surface area contributed by atoms with Crippen LogP contribution in [0.4, 0.5) is 10.2 Å². The van der Waals surface area contributed by atoms with E-state index in [0.29, 0.717) is 33.9 Å². The van der Waals surface area contributed by atoms with E-state index in [1.54, 1.807) is 37.1 Å². The number of nitrogens with two attached hydrogens (primary N) is 1. The summed E-state index contributed by atoms with van der Waals surface area (Å²) < 4.78 is 29.7. The topological polar surface area (TPSA) is 148 Å². The number of hydrogen-bond donors (Lipinski definition) is 2. The lowest BCUT2D eigenvalue weighted by Gasteiger charge is -2.16. The minimum Gasteiger partial charge on any atom is -0.508 e. The predicted molar refractivity (Wildman–Crippen MR) is 149 cm³/mol. The molecule has 0 bridgehead atoms. The number of nitrogen functional groups attached to an aromatic ring is 1. The van der Waals surface area contributed by atoms with Crippen LogP contribution in [0, 0.1) is 12.7 Å². The maximum absolute atomic E-state index is 14.2. The molecule has 13 heteroatoms. The molecule has 6 rings (SSSR count). The molecule has 4 heterocycles. The normalized spacial score (nSPS) is 11.4. The van der Waals surface area contributed by atoms with E-state index in [-0.39, 0.29) is 41.5 Å². The van der Waals surface area contributed by atoms with Crippen molar-refractivity contribution < 1.29 is 19.0 Å². The maximum Gasteiger partial charge on any atom is 0.278 e. The summed E-state index contributed by atoms with van der Waals surface area (Å²) in [7, 11) is 3.11. The second-order valence-corrected chi connectivity index (χ2v) is 9.44. The van der Waals surface area contributed by atoms with E-state index in [4.69, 9.17) is 20.3 Å². The lowest BCUT2D eigenvalue weighted by molar-refractivity contribution is 0.389. The van der Waals surface area contributed by atoms with Gasteiger partial charge in [0.25, 0.3) is 5.56 Å². The number of ether oxygens (including phenoxy) is 2. The molecule has 2 aromatic carbocycles. The maximum atomic E-state index is 14.2.